The quantitative estimate of drug-likeness (QED) is 0.741. The van der Waals surface area contributed by atoms with Gasteiger partial charge in [0.15, 0.2) is 0 Å². The third kappa shape index (κ3) is 3.20. The number of hydrogen-bond donors (Lipinski definition) is 1. The molecule has 3 heteroatoms. The topological polar surface area (TPSA) is 32.3 Å². The van der Waals surface area contributed by atoms with Crippen molar-refractivity contribution in [2.24, 2.45) is 5.92 Å². The van der Waals surface area contributed by atoms with Crippen LogP contribution in [0, 0.1) is 5.92 Å². The zero-order valence-electron chi connectivity index (χ0n) is 9.38. The minimum absolute atomic E-state index is 0.130. The van der Waals surface area contributed by atoms with Crippen molar-refractivity contribution < 1.29 is 4.79 Å². The van der Waals surface area contributed by atoms with Crippen LogP contribution >= 0.6 is 0 Å². The summed E-state index contributed by atoms with van der Waals surface area (Å²) < 4.78 is 0. The zero-order chi connectivity index (χ0) is 10.4. The molecule has 2 amide bonds. The van der Waals surface area contributed by atoms with Crippen molar-refractivity contribution in [1.82, 2.24) is 10.2 Å². The van der Waals surface area contributed by atoms with Crippen LogP contribution in [0.15, 0.2) is 0 Å². The first-order valence-electron chi connectivity index (χ1n) is 5.80. The average Bonchev–Trinajstić information content (AvgIpc) is 2.26. The van der Waals surface area contributed by atoms with Crippen molar-refractivity contribution >= 4 is 6.03 Å². The highest BCUT2D eigenvalue weighted by Crippen LogP contribution is 2.18. The molecule has 1 aliphatic rings. The lowest BCUT2D eigenvalue weighted by Gasteiger charge is -2.32. The van der Waals surface area contributed by atoms with Crippen LogP contribution in [0.2, 0.25) is 0 Å². The van der Waals surface area contributed by atoms with E-state index in [-0.39, 0.29) is 6.03 Å². The molecule has 1 fully saturated rings. The molecular formula is C11H22N2O. The van der Waals surface area contributed by atoms with E-state index in [0.717, 1.165) is 38.4 Å². The van der Waals surface area contributed by atoms with Gasteiger partial charge in [0.1, 0.15) is 0 Å². The van der Waals surface area contributed by atoms with Crippen molar-refractivity contribution in [3.8, 4) is 0 Å². The maximum Gasteiger partial charge on any atom is 0.317 e. The second-order valence-electron chi connectivity index (χ2n) is 4.09. The van der Waals surface area contributed by atoms with Crippen LogP contribution in [0.5, 0.6) is 0 Å². The first kappa shape index (κ1) is 11.3. The largest absolute Gasteiger partial charge is 0.338 e. The van der Waals surface area contributed by atoms with Gasteiger partial charge in [-0.15, -0.1) is 0 Å². The van der Waals surface area contributed by atoms with E-state index in [2.05, 4.69) is 19.2 Å². The number of carbonyl (C=O) groups excluding carboxylic acids is 1. The number of nitrogens with zero attached hydrogens (tertiary/aromatic N) is 1. The fourth-order valence-corrected chi connectivity index (χ4v) is 1.93. The van der Waals surface area contributed by atoms with E-state index >= 15 is 0 Å². The van der Waals surface area contributed by atoms with Gasteiger partial charge in [0.05, 0.1) is 0 Å². The first-order valence-corrected chi connectivity index (χ1v) is 5.80. The van der Waals surface area contributed by atoms with Gasteiger partial charge >= 0.3 is 6.03 Å². The Balaban J connectivity index is 2.31. The molecule has 1 unspecified atom stereocenters. The van der Waals surface area contributed by atoms with Crippen molar-refractivity contribution in [2.75, 3.05) is 19.6 Å². The number of carbonyl (C=O) groups is 1. The zero-order valence-corrected chi connectivity index (χ0v) is 9.38. The fraction of sp³-hybridized carbons (Fsp3) is 0.909. The lowest BCUT2D eigenvalue weighted by Crippen LogP contribution is -2.45. The molecule has 0 radical (unpaired) electrons. The van der Waals surface area contributed by atoms with Crippen LogP contribution in [-0.4, -0.2) is 30.6 Å². The smallest absolute Gasteiger partial charge is 0.317 e. The van der Waals surface area contributed by atoms with Gasteiger partial charge in [0.2, 0.25) is 0 Å². The summed E-state index contributed by atoms with van der Waals surface area (Å²) in [6.45, 7) is 6.97. The molecule has 0 spiro atoms. The SMILES string of the molecule is CCCNC(=O)N1CCCC(CC)C1. The molecule has 82 valence electrons. The molecule has 3 nitrogen and oxygen atoms in total. The second-order valence-corrected chi connectivity index (χ2v) is 4.09. The van der Waals surface area contributed by atoms with Gasteiger partial charge < -0.3 is 10.2 Å². The predicted molar refractivity (Wildman–Crippen MR) is 58.3 cm³/mol. The summed E-state index contributed by atoms with van der Waals surface area (Å²) >= 11 is 0. The van der Waals surface area contributed by atoms with Gasteiger partial charge in [0.25, 0.3) is 0 Å². The Labute approximate surface area is 86.9 Å². The van der Waals surface area contributed by atoms with E-state index < -0.39 is 0 Å². The summed E-state index contributed by atoms with van der Waals surface area (Å²) in [5, 5.41) is 2.93. The number of piperidine rings is 1. The molecule has 14 heavy (non-hydrogen) atoms. The van der Waals surface area contributed by atoms with Crippen LogP contribution in [-0.2, 0) is 0 Å². The molecule has 0 aromatic heterocycles. The van der Waals surface area contributed by atoms with Crippen molar-refractivity contribution in [3.05, 3.63) is 0 Å². The summed E-state index contributed by atoms with van der Waals surface area (Å²) in [4.78, 5) is 13.6. The number of amides is 2. The van der Waals surface area contributed by atoms with Gasteiger partial charge in [-0.1, -0.05) is 20.3 Å². The molecule has 1 saturated heterocycles. The summed E-state index contributed by atoms with van der Waals surface area (Å²) in [6.07, 6.45) is 4.65. The van der Waals surface area contributed by atoms with Crippen molar-refractivity contribution in [3.63, 3.8) is 0 Å². The van der Waals surface area contributed by atoms with Gasteiger partial charge in [-0.2, -0.15) is 0 Å². The number of urea groups is 1. The maximum atomic E-state index is 11.6. The molecule has 1 heterocycles. The summed E-state index contributed by atoms with van der Waals surface area (Å²) in [5.74, 6) is 0.719. The second kappa shape index (κ2) is 5.89. The third-order valence-corrected chi connectivity index (χ3v) is 2.91. The molecule has 1 rings (SSSR count). The molecular weight excluding hydrogens is 176 g/mol. The molecule has 1 aliphatic heterocycles. The van der Waals surface area contributed by atoms with E-state index in [1.807, 2.05) is 4.90 Å². The Morgan fingerprint density at radius 1 is 1.50 bits per heavy atom. The molecule has 0 saturated carbocycles. The van der Waals surface area contributed by atoms with E-state index in [1.54, 1.807) is 0 Å². The van der Waals surface area contributed by atoms with E-state index in [9.17, 15) is 4.79 Å². The first-order chi connectivity index (χ1) is 6.77. The highest BCUT2D eigenvalue weighted by molar-refractivity contribution is 5.74. The highest BCUT2D eigenvalue weighted by atomic mass is 16.2. The number of likely N-dealkylation sites (tertiary alicyclic amines) is 1. The lowest BCUT2D eigenvalue weighted by atomic mass is 9.96. The third-order valence-electron chi connectivity index (χ3n) is 2.91. The molecule has 1 atom stereocenters. The Kier molecular flexibility index (Phi) is 4.77. The Morgan fingerprint density at radius 2 is 2.29 bits per heavy atom. The Morgan fingerprint density at radius 3 is 2.93 bits per heavy atom. The van der Waals surface area contributed by atoms with Gasteiger partial charge in [-0.05, 0) is 25.2 Å². The van der Waals surface area contributed by atoms with Crippen LogP contribution in [0.4, 0.5) is 4.79 Å². The molecule has 0 aliphatic carbocycles. The van der Waals surface area contributed by atoms with E-state index in [1.165, 1.54) is 12.8 Å². The van der Waals surface area contributed by atoms with Gasteiger partial charge in [-0.3, -0.25) is 0 Å². The molecule has 0 aromatic carbocycles. The summed E-state index contributed by atoms with van der Waals surface area (Å²) in [6, 6.07) is 0.130. The molecule has 0 bridgehead atoms. The average molecular weight is 198 g/mol. The van der Waals surface area contributed by atoms with Gasteiger partial charge in [-0.25, -0.2) is 4.79 Å². The standard InChI is InChI=1S/C11H22N2O/c1-3-7-12-11(14)13-8-5-6-10(4-2)9-13/h10H,3-9H2,1-2H3,(H,12,14). The van der Waals surface area contributed by atoms with Crippen LogP contribution in [0.3, 0.4) is 0 Å². The van der Waals surface area contributed by atoms with Crippen molar-refractivity contribution in [1.29, 1.82) is 0 Å². The summed E-state index contributed by atoms with van der Waals surface area (Å²) in [5.41, 5.74) is 0. The summed E-state index contributed by atoms with van der Waals surface area (Å²) in [7, 11) is 0. The van der Waals surface area contributed by atoms with Crippen molar-refractivity contribution in [2.45, 2.75) is 39.5 Å². The maximum absolute atomic E-state index is 11.6. The lowest BCUT2D eigenvalue weighted by molar-refractivity contribution is 0.164. The minimum atomic E-state index is 0.130. The number of nitrogens with one attached hydrogen (secondary N) is 1. The van der Waals surface area contributed by atoms with E-state index in [0.29, 0.717) is 0 Å². The number of rotatable bonds is 3. The molecule has 1 N–H and O–H groups in total. The van der Waals surface area contributed by atoms with Crippen LogP contribution < -0.4 is 5.32 Å². The molecule has 0 aromatic rings. The normalized spacial score (nSPS) is 22.1. The van der Waals surface area contributed by atoms with Crippen LogP contribution in [0.25, 0.3) is 0 Å². The van der Waals surface area contributed by atoms with Crippen LogP contribution in [0.1, 0.15) is 39.5 Å². The highest BCUT2D eigenvalue weighted by Gasteiger charge is 2.21. The predicted octanol–water partition coefficient (Wildman–Crippen LogP) is 2.23. The van der Waals surface area contributed by atoms with Gasteiger partial charge in [0, 0.05) is 19.6 Å². The Bertz CT molecular complexity index is 182. The monoisotopic (exact) mass is 198 g/mol. The Hall–Kier alpha value is -0.730. The number of hydrogen-bond acceptors (Lipinski definition) is 1. The fourth-order valence-electron chi connectivity index (χ4n) is 1.93. The van der Waals surface area contributed by atoms with E-state index in [4.69, 9.17) is 0 Å². The minimum Gasteiger partial charge on any atom is -0.338 e.